The van der Waals surface area contributed by atoms with E-state index < -0.39 is 34.7 Å². The van der Waals surface area contributed by atoms with Crippen molar-refractivity contribution < 1.29 is 26.3 Å². The van der Waals surface area contributed by atoms with Gasteiger partial charge in [-0.3, -0.25) is 4.40 Å². The summed E-state index contributed by atoms with van der Waals surface area (Å²) < 4.78 is 74.7. The van der Waals surface area contributed by atoms with Gasteiger partial charge in [0.15, 0.2) is 11.4 Å². The topological polar surface area (TPSA) is 30.2 Å². The Morgan fingerprint density at radius 2 is 1.44 bits per heavy atom. The van der Waals surface area contributed by atoms with Crippen LogP contribution < -0.4 is 0 Å². The van der Waals surface area contributed by atoms with Crippen molar-refractivity contribution in [3.05, 3.63) is 28.8 Å². The smallest absolute Gasteiger partial charge is 0.273 e. The van der Waals surface area contributed by atoms with Crippen LogP contribution in [0.1, 0.15) is 11.4 Å². The minimum atomic E-state index is -4.81. The van der Waals surface area contributed by atoms with Gasteiger partial charge in [0, 0.05) is 12.3 Å². The number of nitrogens with zero attached hydrogens (tertiary/aromatic N) is 3. The summed E-state index contributed by atoms with van der Waals surface area (Å²) in [5.74, 6) is -0.762. The van der Waals surface area contributed by atoms with E-state index in [1.165, 1.54) is 0 Å². The maximum Gasteiger partial charge on any atom is 0.434 e. The molecule has 2 heterocycles. The Labute approximate surface area is 100 Å². The number of hydrogen-bond acceptors (Lipinski definition) is 2. The quantitative estimate of drug-likeness (QED) is 0.549. The lowest BCUT2D eigenvalue weighted by atomic mass is 10.4. The van der Waals surface area contributed by atoms with Crippen molar-refractivity contribution in [3.8, 4) is 0 Å². The second kappa shape index (κ2) is 3.74. The molecule has 0 aliphatic heterocycles. The van der Waals surface area contributed by atoms with Crippen LogP contribution >= 0.6 is 11.6 Å². The zero-order valence-electron chi connectivity index (χ0n) is 8.14. The van der Waals surface area contributed by atoms with E-state index in [0.717, 1.165) is 0 Å². The molecule has 2 aromatic heterocycles. The Hall–Kier alpha value is -1.51. The molecule has 0 atom stereocenters. The third-order valence-electron chi connectivity index (χ3n) is 1.97. The lowest BCUT2D eigenvalue weighted by Gasteiger charge is -2.06. The first-order valence-corrected chi connectivity index (χ1v) is 4.67. The number of aromatic nitrogens is 3. The molecular weight excluding hydrogens is 288 g/mol. The van der Waals surface area contributed by atoms with E-state index in [1.54, 1.807) is 0 Å². The zero-order chi connectivity index (χ0) is 13.7. The van der Waals surface area contributed by atoms with Gasteiger partial charge < -0.3 is 0 Å². The molecule has 0 saturated heterocycles. The van der Waals surface area contributed by atoms with Crippen molar-refractivity contribution in [1.29, 1.82) is 0 Å². The van der Waals surface area contributed by atoms with Crippen molar-refractivity contribution in [3.63, 3.8) is 0 Å². The minimum Gasteiger partial charge on any atom is -0.273 e. The molecule has 0 saturated carbocycles. The van der Waals surface area contributed by atoms with E-state index in [-0.39, 0.29) is 0 Å². The van der Waals surface area contributed by atoms with E-state index >= 15 is 0 Å². The van der Waals surface area contributed by atoms with Crippen LogP contribution in [0.4, 0.5) is 26.3 Å². The second-order valence-electron chi connectivity index (χ2n) is 3.26. The summed E-state index contributed by atoms with van der Waals surface area (Å²) in [4.78, 5) is 5.95. The van der Waals surface area contributed by atoms with Crippen LogP contribution in [0.15, 0.2) is 12.3 Å². The standard InChI is InChI=1S/C8H2ClF6N3/c9-5-1-3(7(10,11)12)16-6-17-4(2-18(5)6)8(13,14)15/h1-2H. The Morgan fingerprint density at radius 1 is 0.944 bits per heavy atom. The fraction of sp³-hybridized carbons (Fsp3) is 0.250. The third-order valence-corrected chi connectivity index (χ3v) is 2.27. The molecule has 18 heavy (non-hydrogen) atoms. The van der Waals surface area contributed by atoms with Gasteiger partial charge in [0.2, 0.25) is 5.78 Å². The molecule has 3 nitrogen and oxygen atoms in total. The lowest BCUT2D eigenvalue weighted by molar-refractivity contribution is -0.141. The van der Waals surface area contributed by atoms with Crippen molar-refractivity contribution in [2.45, 2.75) is 12.4 Å². The molecule has 98 valence electrons. The number of rotatable bonds is 0. The summed E-state index contributed by atoms with van der Waals surface area (Å²) in [7, 11) is 0. The minimum absolute atomic E-state index is 0.427. The Kier molecular flexibility index (Phi) is 2.69. The molecule has 0 unspecified atom stereocenters. The number of fused-ring (bicyclic) bond motifs is 1. The van der Waals surface area contributed by atoms with E-state index in [0.29, 0.717) is 16.7 Å². The van der Waals surface area contributed by atoms with E-state index in [1.807, 2.05) is 0 Å². The molecule has 0 fully saturated rings. The summed E-state index contributed by atoms with van der Waals surface area (Å²) in [6.45, 7) is 0. The van der Waals surface area contributed by atoms with Crippen LogP contribution in [-0.2, 0) is 12.4 Å². The monoisotopic (exact) mass is 289 g/mol. The number of alkyl halides is 6. The van der Waals surface area contributed by atoms with Crippen LogP contribution in [0.2, 0.25) is 5.15 Å². The third kappa shape index (κ3) is 2.22. The van der Waals surface area contributed by atoms with Crippen LogP contribution in [-0.4, -0.2) is 14.4 Å². The molecule has 0 aliphatic rings. The molecule has 10 heteroatoms. The molecule has 0 amide bonds. The summed E-state index contributed by atoms with van der Waals surface area (Å²) in [5, 5.41) is -0.560. The average molecular weight is 290 g/mol. The first kappa shape index (κ1) is 12.9. The molecule has 0 N–H and O–H groups in total. The van der Waals surface area contributed by atoms with Gasteiger partial charge in [-0.05, 0) is 0 Å². The highest BCUT2D eigenvalue weighted by Gasteiger charge is 2.37. The van der Waals surface area contributed by atoms with Gasteiger partial charge in [-0.15, -0.1) is 0 Å². The Balaban J connectivity index is 2.67. The SMILES string of the molecule is FC(F)(F)c1cc(Cl)n2cc(C(F)(F)F)nc2n1. The molecular formula is C8H2ClF6N3. The zero-order valence-corrected chi connectivity index (χ0v) is 8.90. The highest BCUT2D eigenvalue weighted by Crippen LogP contribution is 2.32. The van der Waals surface area contributed by atoms with Gasteiger partial charge in [-0.25, -0.2) is 9.97 Å². The largest absolute Gasteiger partial charge is 0.434 e. The summed E-state index contributed by atoms with van der Waals surface area (Å²) >= 11 is 5.45. The highest BCUT2D eigenvalue weighted by molar-refractivity contribution is 6.29. The first-order valence-electron chi connectivity index (χ1n) is 4.29. The number of halogens is 7. The average Bonchev–Trinajstić information content (AvgIpc) is 2.59. The van der Waals surface area contributed by atoms with Gasteiger partial charge in [-0.1, -0.05) is 11.6 Å². The summed E-state index contributed by atoms with van der Waals surface area (Å²) in [6, 6.07) is 0.427. The molecule has 0 radical (unpaired) electrons. The molecule has 0 bridgehead atoms. The maximum absolute atomic E-state index is 12.4. The molecule has 0 spiro atoms. The van der Waals surface area contributed by atoms with Crippen molar-refractivity contribution in [1.82, 2.24) is 14.4 Å². The summed E-state index contributed by atoms with van der Waals surface area (Å²) in [5.41, 5.74) is -2.77. The molecule has 2 rings (SSSR count). The normalized spacial score (nSPS) is 13.3. The lowest BCUT2D eigenvalue weighted by Crippen LogP contribution is -2.09. The van der Waals surface area contributed by atoms with Gasteiger partial charge in [-0.2, -0.15) is 26.3 Å². The molecule has 0 aromatic carbocycles. The van der Waals surface area contributed by atoms with E-state index in [9.17, 15) is 26.3 Å². The highest BCUT2D eigenvalue weighted by atomic mass is 35.5. The predicted molar refractivity (Wildman–Crippen MR) is 48.0 cm³/mol. The van der Waals surface area contributed by atoms with Gasteiger partial charge in [0.05, 0.1) is 0 Å². The first-order chi connectivity index (χ1) is 8.09. The Morgan fingerprint density at radius 3 is 1.94 bits per heavy atom. The van der Waals surface area contributed by atoms with Gasteiger partial charge >= 0.3 is 12.4 Å². The number of hydrogen-bond donors (Lipinski definition) is 0. The Bertz CT molecular complexity index is 599. The second-order valence-corrected chi connectivity index (χ2v) is 3.64. The van der Waals surface area contributed by atoms with Crippen LogP contribution in [0.5, 0.6) is 0 Å². The van der Waals surface area contributed by atoms with Crippen molar-refractivity contribution in [2.75, 3.05) is 0 Å². The van der Waals surface area contributed by atoms with Gasteiger partial charge in [0.1, 0.15) is 5.15 Å². The maximum atomic E-state index is 12.4. The van der Waals surface area contributed by atoms with Crippen LogP contribution in [0.25, 0.3) is 5.78 Å². The van der Waals surface area contributed by atoms with Crippen molar-refractivity contribution >= 4 is 17.4 Å². The fourth-order valence-electron chi connectivity index (χ4n) is 1.21. The van der Waals surface area contributed by atoms with E-state index in [4.69, 9.17) is 11.6 Å². The van der Waals surface area contributed by atoms with Crippen LogP contribution in [0.3, 0.4) is 0 Å². The van der Waals surface area contributed by atoms with Crippen molar-refractivity contribution in [2.24, 2.45) is 0 Å². The molecule has 0 aliphatic carbocycles. The van der Waals surface area contributed by atoms with Gasteiger partial charge in [0.25, 0.3) is 0 Å². The summed E-state index contributed by atoms with van der Waals surface area (Å²) in [6.07, 6.45) is -9.12. The molecule has 2 aromatic rings. The van der Waals surface area contributed by atoms with Crippen LogP contribution in [0, 0.1) is 0 Å². The number of imidazole rings is 1. The predicted octanol–water partition coefficient (Wildman–Crippen LogP) is 3.42. The van der Waals surface area contributed by atoms with E-state index in [2.05, 4.69) is 9.97 Å². The fourth-order valence-corrected chi connectivity index (χ4v) is 1.44.